The Labute approximate surface area is 114 Å². The maximum Gasteiger partial charge on any atom is 0.303 e. The summed E-state index contributed by atoms with van der Waals surface area (Å²) >= 11 is 0. The summed E-state index contributed by atoms with van der Waals surface area (Å²) in [5.74, 6) is -0.192. The van der Waals surface area contributed by atoms with Crippen molar-refractivity contribution in [1.82, 2.24) is 10.2 Å². The Morgan fingerprint density at radius 3 is 2.84 bits per heavy atom. The summed E-state index contributed by atoms with van der Waals surface area (Å²) in [4.78, 5) is 25.1. The van der Waals surface area contributed by atoms with Crippen molar-refractivity contribution in [2.75, 3.05) is 19.6 Å². The second-order valence-electron chi connectivity index (χ2n) is 6.05. The predicted molar refractivity (Wildman–Crippen MR) is 71.8 cm³/mol. The molecule has 0 aromatic rings. The van der Waals surface area contributed by atoms with Gasteiger partial charge in [-0.3, -0.25) is 9.59 Å². The largest absolute Gasteiger partial charge is 0.481 e. The number of aliphatic carboxylic acids is 1. The molecule has 0 spiro atoms. The molecule has 2 N–H and O–H groups in total. The van der Waals surface area contributed by atoms with Gasteiger partial charge in [0.2, 0.25) is 5.91 Å². The maximum absolute atomic E-state index is 12.6. The van der Waals surface area contributed by atoms with E-state index in [1.54, 1.807) is 0 Å². The number of hydrogen-bond donors (Lipinski definition) is 2. The van der Waals surface area contributed by atoms with Gasteiger partial charge in [0.25, 0.3) is 0 Å². The number of hydrogen-bond acceptors (Lipinski definition) is 3. The van der Waals surface area contributed by atoms with Gasteiger partial charge in [-0.25, -0.2) is 0 Å². The molecule has 0 aliphatic carbocycles. The molecule has 0 saturated carbocycles. The number of rotatable bonds is 4. The fourth-order valence-electron chi connectivity index (χ4n) is 3.17. The van der Waals surface area contributed by atoms with E-state index in [-0.39, 0.29) is 12.3 Å². The van der Waals surface area contributed by atoms with Crippen LogP contribution in [0.3, 0.4) is 0 Å². The minimum atomic E-state index is -0.745. The van der Waals surface area contributed by atoms with Gasteiger partial charge in [0.05, 0.1) is 5.54 Å². The summed E-state index contributed by atoms with van der Waals surface area (Å²) in [6, 6.07) is 0. The van der Waals surface area contributed by atoms with Crippen molar-refractivity contribution in [3.05, 3.63) is 0 Å². The Morgan fingerprint density at radius 2 is 2.21 bits per heavy atom. The predicted octanol–water partition coefficient (Wildman–Crippen LogP) is 1.23. The van der Waals surface area contributed by atoms with Crippen LogP contribution in [0.25, 0.3) is 0 Å². The summed E-state index contributed by atoms with van der Waals surface area (Å²) in [7, 11) is 0. The topological polar surface area (TPSA) is 69.6 Å². The number of amides is 1. The van der Waals surface area contributed by atoms with Gasteiger partial charge in [-0.15, -0.1) is 0 Å². The average molecular weight is 268 g/mol. The molecule has 2 fully saturated rings. The van der Waals surface area contributed by atoms with Gasteiger partial charge in [-0.2, -0.15) is 0 Å². The van der Waals surface area contributed by atoms with E-state index in [1.165, 1.54) is 0 Å². The lowest BCUT2D eigenvalue weighted by atomic mass is 9.89. The second-order valence-corrected chi connectivity index (χ2v) is 6.05. The third kappa shape index (κ3) is 3.47. The van der Waals surface area contributed by atoms with Crippen molar-refractivity contribution in [2.45, 2.75) is 51.0 Å². The minimum absolute atomic E-state index is 0.199. The van der Waals surface area contributed by atoms with Gasteiger partial charge < -0.3 is 15.3 Å². The molecular formula is C14H24N2O3. The second kappa shape index (κ2) is 5.90. The molecule has 2 saturated heterocycles. The standard InChI is InChI=1S/C14H24N2O3/c1-14(7-2-3-8-15-14)13(19)16-9-6-11(10-16)4-5-12(17)18/h11,15H,2-10H2,1H3,(H,17,18). The van der Waals surface area contributed by atoms with E-state index in [4.69, 9.17) is 5.11 Å². The highest BCUT2D eigenvalue weighted by Crippen LogP contribution is 2.27. The lowest BCUT2D eigenvalue weighted by Gasteiger charge is -2.36. The van der Waals surface area contributed by atoms with Crippen LogP contribution < -0.4 is 5.32 Å². The Hall–Kier alpha value is -1.10. The maximum atomic E-state index is 12.6. The van der Waals surface area contributed by atoms with Crippen molar-refractivity contribution < 1.29 is 14.7 Å². The van der Waals surface area contributed by atoms with Crippen LogP contribution in [0.2, 0.25) is 0 Å². The van der Waals surface area contributed by atoms with Crippen LogP contribution >= 0.6 is 0 Å². The van der Waals surface area contributed by atoms with Crippen LogP contribution in [-0.2, 0) is 9.59 Å². The van der Waals surface area contributed by atoms with E-state index in [2.05, 4.69) is 5.32 Å². The van der Waals surface area contributed by atoms with Gasteiger partial charge >= 0.3 is 5.97 Å². The van der Waals surface area contributed by atoms with Gasteiger partial charge in [-0.05, 0) is 51.5 Å². The first-order valence-corrected chi connectivity index (χ1v) is 7.27. The summed E-state index contributed by atoms with van der Waals surface area (Å²) < 4.78 is 0. The van der Waals surface area contributed by atoms with Crippen LogP contribution in [-0.4, -0.2) is 47.1 Å². The molecule has 2 rings (SSSR count). The number of carbonyl (C=O) groups is 2. The minimum Gasteiger partial charge on any atom is -0.481 e. The van der Waals surface area contributed by atoms with E-state index in [9.17, 15) is 9.59 Å². The Morgan fingerprint density at radius 1 is 1.42 bits per heavy atom. The van der Waals surface area contributed by atoms with Crippen LogP contribution in [0.1, 0.15) is 45.4 Å². The van der Waals surface area contributed by atoms with Crippen molar-refractivity contribution in [2.24, 2.45) is 5.92 Å². The fraction of sp³-hybridized carbons (Fsp3) is 0.857. The van der Waals surface area contributed by atoms with E-state index < -0.39 is 11.5 Å². The molecule has 2 aliphatic rings. The van der Waals surface area contributed by atoms with E-state index >= 15 is 0 Å². The van der Waals surface area contributed by atoms with Crippen LogP contribution in [0.4, 0.5) is 0 Å². The molecule has 2 atom stereocenters. The molecule has 2 heterocycles. The molecule has 1 amide bonds. The first-order chi connectivity index (χ1) is 9.01. The lowest BCUT2D eigenvalue weighted by molar-refractivity contribution is -0.137. The van der Waals surface area contributed by atoms with Crippen molar-refractivity contribution >= 4 is 11.9 Å². The van der Waals surface area contributed by atoms with Gasteiger partial charge in [-0.1, -0.05) is 0 Å². The highest BCUT2D eigenvalue weighted by molar-refractivity contribution is 5.86. The number of carbonyl (C=O) groups excluding carboxylic acids is 1. The molecule has 0 bridgehead atoms. The molecule has 0 aromatic heterocycles. The smallest absolute Gasteiger partial charge is 0.303 e. The Balaban J connectivity index is 1.85. The Bertz CT molecular complexity index is 351. The zero-order valence-electron chi connectivity index (χ0n) is 11.7. The zero-order chi connectivity index (χ0) is 13.9. The SMILES string of the molecule is CC1(C(=O)N2CCC(CCC(=O)O)C2)CCCCN1. The van der Waals surface area contributed by atoms with E-state index in [0.29, 0.717) is 12.3 Å². The van der Waals surface area contributed by atoms with Crippen molar-refractivity contribution in [3.63, 3.8) is 0 Å². The molecule has 0 radical (unpaired) electrons. The fourth-order valence-corrected chi connectivity index (χ4v) is 3.17. The molecule has 19 heavy (non-hydrogen) atoms. The lowest BCUT2D eigenvalue weighted by Crippen LogP contribution is -2.57. The van der Waals surface area contributed by atoms with E-state index in [0.717, 1.165) is 45.3 Å². The van der Waals surface area contributed by atoms with Crippen LogP contribution in [0, 0.1) is 5.92 Å². The molecule has 108 valence electrons. The first kappa shape index (κ1) is 14.3. The van der Waals surface area contributed by atoms with Crippen molar-refractivity contribution in [3.8, 4) is 0 Å². The summed E-state index contributed by atoms with van der Waals surface area (Å²) in [5.41, 5.74) is -0.403. The highest BCUT2D eigenvalue weighted by atomic mass is 16.4. The van der Waals surface area contributed by atoms with E-state index in [1.807, 2.05) is 11.8 Å². The van der Waals surface area contributed by atoms with Crippen molar-refractivity contribution in [1.29, 1.82) is 0 Å². The molecule has 2 unspecified atom stereocenters. The zero-order valence-corrected chi connectivity index (χ0v) is 11.7. The Kier molecular flexibility index (Phi) is 4.45. The number of nitrogens with zero attached hydrogens (tertiary/aromatic N) is 1. The third-order valence-corrected chi connectivity index (χ3v) is 4.43. The summed E-state index contributed by atoms with van der Waals surface area (Å²) in [5, 5.41) is 12.1. The third-order valence-electron chi connectivity index (χ3n) is 4.43. The number of nitrogens with one attached hydrogen (secondary N) is 1. The molecule has 5 heteroatoms. The van der Waals surface area contributed by atoms with Gasteiger partial charge in [0, 0.05) is 19.5 Å². The summed E-state index contributed by atoms with van der Waals surface area (Å²) in [6.45, 7) is 4.42. The molecule has 5 nitrogen and oxygen atoms in total. The molecule has 2 aliphatic heterocycles. The van der Waals surface area contributed by atoms with Crippen LogP contribution in [0.5, 0.6) is 0 Å². The highest BCUT2D eigenvalue weighted by Gasteiger charge is 2.39. The average Bonchev–Trinajstić information content (AvgIpc) is 2.85. The van der Waals surface area contributed by atoms with Gasteiger partial charge in [0.15, 0.2) is 0 Å². The van der Waals surface area contributed by atoms with Gasteiger partial charge in [0.1, 0.15) is 0 Å². The number of likely N-dealkylation sites (tertiary alicyclic amines) is 1. The molecule has 0 aromatic carbocycles. The first-order valence-electron chi connectivity index (χ1n) is 7.27. The quantitative estimate of drug-likeness (QED) is 0.804. The number of carboxylic acid groups (broad SMARTS) is 1. The normalized spacial score (nSPS) is 31.4. The monoisotopic (exact) mass is 268 g/mol. The summed E-state index contributed by atoms with van der Waals surface area (Å²) in [6.07, 6.45) is 4.98. The number of piperidine rings is 1. The number of carboxylic acids is 1. The molecular weight excluding hydrogens is 244 g/mol. The van der Waals surface area contributed by atoms with Crippen LogP contribution in [0.15, 0.2) is 0 Å².